The van der Waals surface area contributed by atoms with Crippen molar-refractivity contribution in [2.45, 2.75) is 30.5 Å². The van der Waals surface area contributed by atoms with Crippen LogP contribution < -0.4 is 4.90 Å². The molecule has 2 unspecified atom stereocenters. The van der Waals surface area contributed by atoms with Gasteiger partial charge in [-0.2, -0.15) is 0 Å². The average Bonchev–Trinajstić information content (AvgIpc) is 3.36. The third-order valence-electron chi connectivity index (χ3n) is 6.59. The summed E-state index contributed by atoms with van der Waals surface area (Å²) in [6.07, 6.45) is 0. The number of hydrogen-bond acceptors (Lipinski definition) is 3. The van der Waals surface area contributed by atoms with Crippen LogP contribution in [0.4, 0.5) is 5.69 Å². The summed E-state index contributed by atoms with van der Waals surface area (Å²) in [5.41, 5.74) is 7.18. The van der Waals surface area contributed by atoms with Crippen molar-refractivity contribution in [3.63, 3.8) is 0 Å². The average molecular weight is 436 g/mol. The van der Waals surface area contributed by atoms with E-state index < -0.39 is 0 Å². The Labute approximate surface area is 192 Å². The smallest absolute Gasteiger partial charge is 0.135 e. The Hall–Kier alpha value is -3.17. The molecular weight excluding hydrogens is 410 g/mol. The van der Waals surface area contributed by atoms with Crippen molar-refractivity contribution in [1.82, 2.24) is 0 Å². The number of fused-ring (bicyclic) bond motifs is 3. The molecular formula is C29H25NOS. The largest absolute Gasteiger partial charge is 0.456 e. The van der Waals surface area contributed by atoms with Gasteiger partial charge in [0, 0.05) is 22.5 Å². The number of aryl methyl sites for hydroxylation is 1. The van der Waals surface area contributed by atoms with Crippen LogP contribution in [0.1, 0.15) is 34.2 Å². The maximum Gasteiger partial charge on any atom is 0.135 e. The van der Waals surface area contributed by atoms with Gasteiger partial charge >= 0.3 is 0 Å². The lowest BCUT2D eigenvalue weighted by atomic mass is 10.0. The Bertz CT molecular complexity index is 1390. The highest BCUT2D eigenvalue weighted by molar-refractivity contribution is 8.00. The molecule has 1 aromatic heterocycles. The van der Waals surface area contributed by atoms with Gasteiger partial charge in [0.2, 0.25) is 0 Å². The maximum absolute atomic E-state index is 6.16. The molecule has 3 atom stereocenters. The Balaban J connectivity index is 1.53. The van der Waals surface area contributed by atoms with Crippen LogP contribution in [-0.2, 0) is 0 Å². The summed E-state index contributed by atoms with van der Waals surface area (Å²) in [5.74, 6) is 0. The van der Waals surface area contributed by atoms with Crippen LogP contribution in [-0.4, -0.2) is 6.04 Å². The van der Waals surface area contributed by atoms with Crippen LogP contribution in [0.15, 0.2) is 101 Å². The summed E-state index contributed by atoms with van der Waals surface area (Å²) in [6, 6.07) is 35.1. The molecule has 0 N–H and O–H groups in total. The van der Waals surface area contributed by atoms with E-state index in [1.165, 1.54) is 33.2 Å². The summed E-state index contributed by atoms with van der Waals surface area (Å²) in [5, 5.41) is 3.02. The van der Waals surface area contributed by atoms with Gasteiger partial charge in [0.1, 0.15) is 16.5 Å². The van der Waals surface area contributed by atoms with Gasteiger partial charge in [0.15, 0.2) is 0 Å². The van der Waals surface area contributed by atoms with Gasteiger partial charge in [0.25, 0.3) is 0 Å². The summed E-state index contributed by atoms with van der Waals surface area (Å²) in [4.78, 5) is 2.62. The fourth-order valence-corrected chi connectivity index (χ4v) is 6.72. The Kier molecular flexibility index (Phi) is 4.73. The predicted molar refractivity (Wildman–Crippen MR) is 136 cm³/mol. The van der Waals surface area contributed by atoms with Crippen molar-refractivity contribution in [3.8, 4) is 0 Å². The first kappa shape index (κ1) is 19.5. The summed E-state index contributed by atoms with van der Waals surface area (Å²) in [6.45, 7) is 4.57. The number of rotatable bonds is 3. The molecule has 1 saturated heterocycles. The number of nitrogens with zero attached hydrogens (tertiary/aromatic N) is 1. The van der Waals surface area contributed by atoms with E-state index >= 15 is 0 Å². The summed E-state index contributed by atoms with van der Waals surface area (Å²) >= 11 is 2.05. The molecule has 1 fully saturated rings. The van der Waals surface area contributed by atoms with E-state index in [0.29, 0.717) is 11.3 Å². The molecule has 0 amide bonds. The molecule has 1 aliphatic rings. The van der Waals surface area contributed by atoms with Crippen molar-refractivity contribution < 1.29 is 4.42 Å². The minimum absolute atomic E-state index is 0.255. The van der Waals surface area contributed by atoms with Gasteiger partial charge in [0.05, 0.1) is 5.25 Å². The minimum atomic E-state index is 0.255. The number of anilines is 1. The van der Waals surface area contributed by atoms with Gasteiger partial charge in [-0.25, -0.2) is 0 Å². The highest BCUT2D eigenvalue weighted by Crippen LogP contribution is 2.55. The van der Waals surface area contributed by atoms with E-state index in [1.54, 1.807) is 0 Å². The molecule has 32 heavy (non-hydrogen) atoms. The third kappa shape index (κ3) is 3.11. The molecule has 2 heterocycles. The standard InChI is InChI=1S/C29H25NOS/c1-19-17-27-24(23-15-9-10-16-26(23)31-27)18-25(19)30-20(2)28(21-11-5-3-6-12-21)32-29(30)22-13-7-4-8-14-22/h3-18,20,28-29H,1-2H3/t20-,28?,29?/m0/s1. The molecule has 2 nitrogen and oxygen atoms in total. The molecule has 1 aliphatic heterocycles. The van der Waals surface area contributed by atoms with E-state index in [1.807, 2.05) is 6.07 Å². The number of benzene rings is 4. The number of thioether (sulfide) groups is 1. The van der Waals surface area contributed by atoms with Crippen molar-refractivity contribution in [3.05, 3.63) is 114 Å². The minimum Gasteiger partial charge on any atom is -0.456 e. The highest BCUT2D eigenvalue weighted by Gasteiger charge is 2.41. The Morgan fingerprint density at radius 3 is 2.12 bits per heavy atom. The van der Waals surface area contributed by atoms with Crippen molar-refractivity contribution in [2.24, 2.45) is 0 Å². The first-order valence-corrected chi connectivity index (χ1v) is 12.1. The van der Waals surface area contributed by atoms with E-state index in [4.69, 9.17) is 4.42 Å². The van der Waals surface area contributed by atoms with Crippen LogP contribution in [0, 0.1) is 6.92 Å². The van der Waals surface area contributed by atoms with E-state index in [-0.39, 0.29) is 5.37 Å². The Morgan fingerprint density at radius 2 is 1.38 bits per heavy atom. The highest BCUT2D eigenvalue weighted by atomic mass is 32.2. The fraction of sp³-hybridized carbons (Fsp3) is 0.172. The van der Waals surface area contributed by atoms with Crippen LogP contribution >= 0.6 is 11.8 Å². The van der Waals surface area contributed by atoms with Crippen molar-refractivity contribution >= 4 is 39.4 Å². The van der Waals surface area contributed by atoms with E-state index in [2.05, 4.69) is 122 Å². The molecule has 6 rings (SSSR count). The zero-order valence-corrected chi connectivity index (χ0v) is 19.0. The first-order valence-electron chi connectivity index (χ1n) is 11.2. The van der Waals surface area contributed by atoms with Crippen LogP contribution in [0.5, 0.6) is 0 Å². The molecule has 5 aromatic rings. The zero-order chi connectivity index (χ0) is 21.7. The molecule has 3 heteroatoms. The number of para-hydroxylation sites is 1. The lowest BCUT2D eigenvalue weighted by molar-refractivity contribution is 0.649. The predicted octanol–water partition coefficient (Wildman–Crippen LogP) is 8.28. The molecule has 0 bridgehead atoms. The summed E-state index contributed by atoms with van der Waals surface area (Å²) in [7, 11) is 0. The van der Waals surface area contributed by atoms with Gasteiger partial charge in [-0.1, -0.05) is 78.9 Å². The van der Waals surface area contributed by atoms with Crippen LogP contribution in [0.3, 0.4) is 0 Å². The van der Waals surface area contributed by atoms with E-state index in [9.17, 15) is 0 Å². The van der Waals surface area contributed by atoms with Gasteiger partial charge < -0.3 is 9.32 Å². The lowest BCUT2D eigenvalue weighted by Crippen LogP contribution is -2.31. The maximum atomic E-state index is 6.16. The SMILES string of the molecule is Cc1cc2oc3ccccc3c2cc1N1C(c2ccccc2)SC(c2ccccc2)[C@@H]1C. The molecule has 0 radical (unpaired) electrons. The quantitative estimate of drug-likeness (QED) is 0.284. The molecule has 0 saturated carbocycles. The second-order valence-electron chi connectivity index (χ2n) is 8.61. The van der Waals surface area contributed by atoms with Gasteiger partial charge in [-0.15, -0.1) is 11.8 Å². The third-order valence-corrected chi connectivity index (χ3v) is 8.31. The lowest BCUT2D eigenvalue weighted by Gasteiger charge is -2.32. The fourth-order valence-electron chi connectivity index (χ4n) is 5.02. The monoisotopic (exact) mass is 435 g/mol. The van der Waals surface area contributed by atoms with Gasteiger partial charge in [-0.05, 0) is 48.7 Å². The zero-order valence-electron chi connectivity index (χ0n) is 18.2. The molecule has 158 valence electrons. The number of hydrogen-bond donors (Lipinski definition) is 0. The topological polar surface area (TPSA) is 16.4 Å². The summed E-state index contributed by atoms with van der Waals surface area (Å²) < 4.78 is 6.16. The molecule has 0 spiro atoms. The van der Waals surface area contributed by atoms with Crippen LogP contribution in [0.2, 0.25) is 0 Å². The second-order valence-corrected chi connectivity index (χ2v) is 9.84. The van der Waals surface area contributed by atoms with Crippen molar-refractivity contribution in [1.29, 1.82) is 0 Å². The molecule has 0 aliphatic carbocycles. The van der Waals surface area contributed by atoms with Crippen LogP contribution in [0.25, 0.3) is 21.9 Å². The van der Waals surface area contributed by atoms with Crippen molar-refractivity contribution in [2.75, 3.05) is 4.90 Å². The second kappa shape index (κ2) is 7.75. The normalized spacial score (nSPS) is 20.9. The van der Waals surface area contributed by atoms with E-state index in [0.717, 1.165) is 11.2 Å². The number of furan rings is 1. The van der Waals surface area contributed by atoms with Gasteiger partial charge in [-0.3, -0.25) is 0 Å². The Morgan fingerprint density at radius 1 is 0.719 bits per heavy atom. The molecule has 4 aromatic carbocycles. The first-order chi connectivity index (χ1) is 15.7.